The third-order valence-electron chi connectivity index (χ3n) is 3.73. The Balaban J connectivity index is 2.51. The molecule has 4 unspecified atom stereocenters. The van der Waals surface area contributed by atoms with Crippen LogP contribution in [0.4, 0.5) is 0 Å². The van der Waals surface area contributed by atoms with Crippen molar-refractivity contribution in [1.82, 2.24) is 10.2 Å². The maximum atomic E-state index is 11.3. The Kier molecular flexibility index (Phi) is 6.67. The van der Waals surface area contributed by atoms with E-state index in [1.807, 2.05) is 0 Å². The van der Waals surface area contributed by atoms with Crippen molar-refractivity contribution in [1.29, 1.82) is 0 Å². The molecule has 0 aliphatic carbocycles. The number of rotatable bonds is 4. The van der Waals surface area contributed by atoms with Crippen LogP contribution in [0.1, 0.15) is 40.0 Å². The molecule has 1 aliphatic rings. The second kappa shape index (κ2) is 7.49. The molecule has 102 valence electrons. The maximum Gasteiger partial charge on any atom is 0.0385 e. The second-order valence-corrected chi connectivity index (χ2v) is 6.85. The number of nitrogens with zero attached hydrogens (tertiary/aromatic N) is 1. The van der Waals surface area contributed by atoms with Gasteiger partial charge in [0.25, 0.3) is 0 Å². The van der Waals surface area contributed by atoms with E-state index < -0.39 is 10.8 Å². The first kappa shape index (κ1) is 15.1. The summed E-state index contributed by atoms with van der Waals surface area (Å²) in [4.78, 5) is 2.52. The van der Waals surface area contributed by atoms with E-state index >= 15 is 0 Å². The van der Waals surface area contributed by atoms with Crippen molar-refractivity contribution in [3.8, 4) is 0 Å². The minimum atomic E-state index is -0.684. The zero-order valence-electron chi connectivity index (χ0n) is 11.7. The van der Waals surface area contributed by atoms with Gasteiger partial charge >= 0.3 is 0 Å². The first-order valence-electron chi connectivity index (χ1n) is 6.83. The highest BCUT2D eigenvalue weighted by atomic mass is 32.2. The maximum absolute atomic E-state index is 11.3. The molecule has 1 fully saturated rings. The normalized spacial score (nSPS) is 31.5. The molecule has 3 nitrogen and oxygen atoms in total. The van der Waals surface area contributed by atoms with Gasteiger partial charge in [-0.1, -0.05) is 6.92 Å². The van der Waals surface area contributed by atoms with Gasteiger partial charge in [-0.25, -0.2) is 0 Å². The molecule has 0 saturated carbocycles. The Bertz CT molecular complexity index is 248. The van der Waals surface area contributed by atoms with Crippen molar-refractivity contribution in [2.24, 2.45) is 0 Å². The minimum absolute atomic E-state index is 0.448. The first-order chi connectivity index (χ1) is 8.02. The summed E-state index contributed by atoms with van der Waals surface area (Å²) >= 11 is 0. The lowest BCUT2D eigenvalue weighted by atomic mass is 10.0. The van der Waals surface area contributed by atoms with Gasteiger partial charge in [0.05, 0.1) is 0 Å². The zero-order chi connectivity index (χ0) is 12.8. The van der Waals surface area contributed by atoms with Gasteiger partial charge in [0, 0.05) is 40.9 Å². The molecule has 0 bridgehead atoms. The van der Waals surface area contributed by atoms with Crippen LogP contribution >= 0.6 is 0 Å². The molecule has 17 heavy (non-hydrogen) atoms. The Morgan fingerprint density at radius 2 is 2.06 bits per heavy atom. The third-order valence-corrected chi connectivity index (χ3v) is 4.68. The van der Waals surface area contributed by atoms with Crippen LogP contribution in [-0.4, -0.2) is 52.3 Å². The fraction of sp³-hybridized carbons (Fsp3) is 1.00. The molecule has 1 aliphatic heterocycles. The van der Waals surface area contributed by atoms with Crippen molar-refractivity contribution in [3.05, 3.63) is 0 Å². The Labute approximate surface area is 109 Å². The Hall–Kier alpha value is 0.0700. The number of nitrogens with one attached hydrogen (secondary N) is 1. The topological polar surface area (TPSA) is 32.3 Å². The van der Waals surface area contributed by atoms with Crippen molar-refractivity contribution >= 4 is 10.8 Å². The number of hydrogen-bond acceptors (Lipinski definition) is 3. The van der Waals surface area contributed by atoms with Gasteiger partial charge < -0.3 is 5.32 Å². The average Bonchev–Trinajstić information content (AvgIpc) is 2.22. The average molecular weight is 260 g/mol. The molecule has 0 aromatic heterocycles. The highest BCUT2D eigenvalue weighted by molar-refractivity contribution is 7.84. The van der Waals surface area contributed by atoms with Crippen LogP contribution in [0.25, 0.3) is 0 Å². The molecule has 0 aromatic rings. The molecule has 1 saturated heterocycles. The van der Waals surface area contributed by atoms with Crippen LogP contribution < -0.4 is 5.32 Å². The highest BCUT2D eigenvalue weighted by Crippen LogP contribution is 2.12. The molecule has 0 spiro atoms. The van der Waals surface area contributed by atoms with E-state index in [4.69, 9.17) is 0 Å². The van der Waals surface area contributed by atoms with E-state index in [-0.39, 0.29) is 0 Å². The number of hydrogen-bond donors (Lipinski definition) is 1. The van der Waals surface area contributed by atoms with Crippen molar-refractivity contribution in [2.75, 3.05) is 25.1 Å². The van der Waals surface area contributed by atoms with Gasteiger partial charge in [-0.15, -0.1) is 0 Å². The summed E-state index contributed by atoms with van der Waals surface area (Å²) in [5.41, 5.74) is 0. The summed E-state index contributed by atoms with van der Waals surface area (Å²) in [5.74, 6) is 0.804. The summed E-state index contributed by atoms with van der Waals surface area (Å²) in [6.07, 6.45) is 5.41. The first-order valence-corrected chi connectivity index (χ1v) is 8.55. The smallest absolute Gasteiger partial charge is 0.0385 e. The lowest BCUT2D eigenvalue weighted by Crippen LogP contribution is -2.47. The van der Waals surface area contributed by atoms with Crippen molar-refractivity contribution in [3.63, 3.8) is 0 Å². The van der Waals surface area contributed by atoms with Gasteiger partial charge in [0.15, 0.2) is 0 Å². The van der Waals surface area contributed by atoms with Crippen molar-refractivity contribution < 1.29 is 4.21 Å². The quantitative estimate of drug-likeness (QED) is 0.833. The molecule has 0 aromatic carbocycles. The van der Waals surface area contributed by atoms with Crippen LogP contribution in [0.15, 0.2) is 0 Å². The van der Waals surface area contributed by atoms with E-state index in [0.717, 1.165) is 18.8 Å². The SMILES string of the molecule is CCC1CCN(C(C)CS(C)=O)CCC(C)N1. The van der Waals surface area contributed by atoms with E-state index in [1.54, 1.807) is 6.26 Å². The molecular formula is C13H28N2OS. The molecule has 4 atom stereocenters. The van der Waals surface area contributed by atoms with Gasteiger partial charge in [0.1, 0.15) is 0 Å². The highest BCUT2D eigenvalue weighted by Gasteiger charge is 2.21. The zero-order valence-corrected chi connectivity index (χ0v) is 12.6. The minimum Gasteiger partial charge on any atom is -0.311 e. The third kappa shape index (κ3) is 5.49. The predicted octanol–water partition coefficient (Wildman–Crippen LogP) is 1.61. The fourth-order valence-corrected chi connectivity index (χ4v) is 3.46. The van der Waals surface area contributed by atoms with Gasteiger partial charge in [-0.05, 0) is 46.2 Å². The van der Waals surface area contributed by atoms with Crippen LogP contribution in [0.5, 0.6) is 0 Å². The van der Waals surface area contributed by atoms with Crippen molar-refractivity contribution in [2.45, 2.75) is 58.2 Å². The summed E-state index contributed by atoms with van der Waals surface area (Å²) in [6.45, 7) is 9.00. The summed E-state index contributed by atoms with van der Waals surface area (Å²) in [7, 11) is -0.684. The predicted molar refractivity (Wildman–Crippen MR) is 75.9 cm³/mol. The van der Waals surface area contributed by atoms with E-state index in [9.17, 15) is 4.21 Å². The van der Waals surface area contributed by atoms with Crippen LogP contribution in [0.3, 0.4) is 0 Å². The largest absolute Gasteiger partial charge is 0.311 e. The lowest BCUT2D eigenvalue weighted by Gasteiger charge is -2.35. The summed E-state index contributed by atoms with van der Waals surface area (Å²) in [6, 6.07) is 1.69. The lowest BCUT2D eigenvalue weighted by molar-refractivity contribution is 0.178. The van der Waals surface area contributed by atoms with E-state index in [2.05, 4.69) is 31.0 Å². The van der Waals surface area contributed by atoms with Crippen LogP contribution in [0.2, 0.25) is 0 Å². The monoisotopic (exact) mass is 260 g/mol. The molecule has 1 rings (SSSR count). The summed E-state index contributed by atoms with van der Waals surface area (Å²) < 4.78 is 11.3. The van der Waals surface area contributed by atoms with Gasteiger partial charge in [-0.3, -0.25) is 9.11 Å². The Morgan fingerprint density at radius 1 is 1.41 bits per heavy atom. The molecule has 4 heteroatoms. The summed E-state index contributed by atoms with van der Waals surface area (Å²) in [5, 5.41) is 3.68. The molecule has 0 amide bonds. The second-order valence-electron chi connectivity index (χ2n) is 5.38. The molecule has 1 heterocycles. The van der Waals surface area contributed by atoms with Gasteiger partial charge in [-0.2, -0.15) is 0 Å². The van der Waals surface area contributed by atoms with E-state index in [1.165, 1.54) is 19.3 Å². The van der Waals surface area contributed by atoms with E-state index in [0.29, 0.717) is 18.1 Å². The van der Waals surface area contributed by atoms with Gasteiger partial charge in [0.2, 0.25) is 0 Å². The standard InChI is InChI=1S/C13H28N2OS/c1-5-13-7-9-15(8-6-11(2)14-13)12(3)10-17(4)16/h11-14H,5-10H2,1-4H3. The van der Waals surface area contributed by atoms with Crippen LogP contribution in [0, 0.1) is 0 Å². The Morgan fingerprint density at radius 3 is 2.65 bits per heavy atom. The molecule has 1 N–H and O–H groups in total. The van der Waals surface area contributed by atoms with Crippen LogP contribution in [-0.2, 0) is 10.8 Å². The molecule has 0 radical (unpaired) electrons. The molecular weight excluding hydrogens is 232 g/mol. The fourth-order valence-electron chi connectivity index (χ4n) is 2.57.